The molecule has 0 radical (unpaired) electrons. The minimum absolute atomic E-state index is 0.173. The van der Waals surface area contributed by atoms with Crippen LogP contribution in [0, 0.1) is 5.92 Å². The Morgan fingerprint density at radius 3 is 2.64 bits per heavy atom. The van der Waals surface area contributed by atoms with Gasteiger partial charge in [0, 0.05) is 43.5 Å². The third-order valence-electron chi connectivity index (χ3n) is 4.77. The van der Waals surface area contributed by atoms with E-state index >= 15 is 0 Å². The second kappa shape index (κ2) is 8.55. The molecule has 6 nitrogen and oxygen atoms in total. The Kier molecular flexibility index (Phi) is 6.13. The molecule has 150 valence electrons. The number of imidazole rings is 1. The first-order valence-corrected chi connectivity index (χ1v) is 9.03. The van der Waals surface area contributed by atoms with Crippen LogP contribution in [0.25, 0.3) is 0 Å². The number of nitrogens with zero attached hydrogens (tertiary/aromatic N) is 2. The van der Waals surface area contributed by atoms with E-state index in [9.17, 15) is 22.8 Å². The summed E-state index contributed by atoms with van der Waals surface area (Å²) >= 11 is 0. The number of nitrogens with one attached hydrogen (secondary N) is 2. The maximum atomic E-state index is 12.6. The fraction of sp³-hybridized carbons (Fsp3) is 0.421. The van der Waals surface area contributed by atoms with Crippen LogP contribution in [0.5, 0.6) is 0 Å². The highest BCUT2D eigenvalue weighted by Gasteiger charge is 2.34. The molecule has 2 N–H and O–H groups in total. The normalized spacial score (nSPS) is 19.5. The van der Waals surface area contributed by atoms with Crippen molar-refractivity contribution in [2.45, 2.75) is 31.6 Å². The lowest BCUT2D eigenvalue weighted by molar-refractivity contribution is -0.137. The van der Waals surface area contributed by atoms with E-state index in [1.54, 1.807) is 12.5 Å². The van der Waals surface area contributed by atoms with Crippen LogP contribution in [0.4, 0.5) is 13.2 Å². The quantitative estimate of drug-likeness (QED) is 0.558. The van der Waals surface area contributed by atoms with Gasteiger partial charge in [-0.15, -0.1) is 0 Å². The lowest BCUT2D eigenvalue weighted by Gasteiger charge is -2.12. The molecule has 2 aromatic rings. The predicted molar refractivity (Wildman–Crippen MR) is 95.5 cm³/mol. The summed E-state index contributed by atoms with van der Waals surface area (Å²) in [5.41, 5.74) is -0.567. The second-order valence-electron chi connectivity index (χ2n) is 6.78. The monoisotopic (exact) mass is 394 g/mol. The number of aromatic nitrogens is 2. The van der Waals surface area contributed by atoms with Crippen LogP contribution in [-0.2, 0) is 17.5 Å². The Morgan fingerprint density at radius 1 is 1.25 bits per heavy atom. The summed E-state index contributed by atoms with van der Waals surface area (Å²) in [4.78, 5) is 28.7. The van der Waals surface area contributed by atoms with Gasteiger partial charge in [0.2, 0.25) is 5.91 Å². The number of rotatable bonds is 7. The van der Waals surface area contributed by atoms with Gasteiger partial charge in [-0.25, -0.2) is 4.98 Å². The zero-order chi connectivity index (χ0) is 20.1. The number of halogens is 3. The summed E-state index contributed by atoms with van der Waals surface area (Å²) in [6.07, 6.45) is 1.89. The highest BCUT2D eigenvalue weighted by atomic mass is 19.4. The van der Waals surface area contributed by atoms with Crippen molar-refractivity contribution in [3.63, 3.8) is 0 Å². The van der Waals surface area contributed by atoms with E-state index in [0.717, 1.165) is 25.1 Å². The van der Waals surface area contributed by atoms with Gasteiger partial charge in [0.25, 0.3) is 0 Å². The number of carbonyl (C=O) groups excluding carboxylic acids is 2. The first kappa shape index (κ1) is 20.1. The number of carbonyl (C=O) groups is 2. The number of aryl methyl sites for hydroxylation is 1. The minimum Gasteiger partial charge on any atom is -0.355 e. The van der Waals surface area contributed by atoms with Gasteiger partial charge in [0.1, 0.15) is 0 Å². The van der Waals surface area contributed by atoms with Gasteiger partial charge in [-0.3, -0.25) is 9.59 Å². The van der Waals surface area contributed by atoms with E-state index in [-0.39, 0.29) is 17.3 Å². The lowest BCUT2D eigenvalue weighted by atomic mass is 9.94. The molecule has 0 spiro atoms. The third kappa shape index (κ3) is 4.98. The molecule has 3 rings (SSSR count). The van der Waals surface area contributed by atoms with Gasteiger partial charge in [-0.1, -0.05) is 12.1 Å². The first-order valence-electron chi connectivity index (χ1n) is 9.03. The molecule has 0 saturated carbocycles. The van der Waals surface area contributed by atoms with Gasteiger partial charge >= 0.3 is 6.18 Å². The molecule has 0 aliphatic carbocycles. The molecule has 1 aromatic heterocycles. The van der Waals surface area contributed by atoms with Crippen LogP contribution in [-0.4, -0.2) is 40.4 Å². The number of hydrogen-bond donors (Lipinski definition) is 2. The average molecular weight is 394 g/mol. The number of amides is 1. The Balaban J connectivity index is 1.46. The van der Waals surface area contributed by atoms with E-state index in [4.69, 9.17) is 0 Å². The largest absolute Gasteiger partial charge is 0.416 e. The molecule has 0 bridgehead atoms. The van der Waals surface area contributed by atoms with Gasteiger partial charge < -0.3 is 15.2 Å². The molecule has 1 saturated heterocycles. The van der Waals surface area contributed by atoms with Gasteiger partial charge in [-0.05, 0) is 25.0 Å². The summed E-state index contributed by atoms with van der Waals surface area (Å²) in [6, 6.07) is 3.71. The van der Waals surface area contributed by atoms with Crippen LogP contribution in [0.2, 0.25) is 0 Å². The average Bonchev–Trinajstić information content (AvgIpc) is 3.36. The minimum atomic E-state index is -4.43. The van der Waals surface area contributed by atoms with Crippen molar-refractivity contribution in [3.8, 4) is 0 Å². The number of ketones is 1. The summed E-state index contributed by atoms with van der Waals surface area (Å²) in [6.45, 7) is 1.58. The van der Waals surface area contributed by atoms with Gasteiger partial charge in [0.15, 0.2) is 5.78 Å². The molecule has 9 heteroatoms. The van der Waals surface area contributed by atoms with Gasteiger partial charge in [0.05, 0.1) is 17.9 Å². The Morgan fingerprint density at radius 2 is 2.00 bits per heavy atom. The zero-order valence-electron chi connectivity index (χ0n) is 15.1. The number of alkyl halides is 3. The van der Waals surface area contributed by atoms with E-state index in [0.29, 0.717) is 19.5 Å². The Labute approximate surface area is 160 Å². The molecule has 2 atom stereocenters. The van der Waals surface area contributed by atoms with Crippen LogP contribution in [0.15, 0.2) is 43.0 Å². The summed E-state index contributed by atoms with van der Waals surface area (Å²) in [5, 5.41) is 5.86. The van der Waals surface area contributed by atoms with Crippen molar-refractivity contribution in [2.24, 2.45) is 5.92 Å². The van der Waals surface area contributed by atoms with Crippen molar-refractivity contribution < 1.29 is 22.8 Å². The molecule has 2 heterocycles. The number of Topliss-reactive ketones (excluding diaryl/α,β-unsaturated/α-hetero) is 1. The zero-order valence-corrected chi connectivity index (χ0v) is 15.1. The molecule has 1 aliphatic rings. The molecular formula is C19H21F3N4O2. The summed E-state index contributed by atoms with van der Waals surface area (Å²) in [7, 11) is 0. The fourth-order valence-corrected chi connectivity index (χ4v) is 3.21. The second-order valence-corrected chi connectivity index (χ2v) is 6.78. The standard InChI is InChI=1S/C19H21F3N4O2/c20-19(21,22)15-4-2-13(3-5-15)17(27)14-10-16(25-11-14)18(28)24-6-1-8-26-9-7-23-12-26/h2-5,7,9,12,14,16,25H,1,6,8,10-11H2,(H,24,28). The fourth-order valence-electron chi connectivity index (χ4n) is 3.21. The van der Waals surface area contributed by atoms with E-state index in [2.05, 4.69) is 15.6 Å². The molecule has 1 fully saturated rings. The van der Waals surface area contributed by atoms with Crippen LogP contribution in [0.1, 0.15) is 28.8 Å². The van der Waals surface area contributed by atoms with Crippen molar-refractivity contribution >= 4 is 11.7 Å². The SMILES string of the molecule is O=C(c1ccc(C(F)(F)F)cc1)C1CNC(C(=O)NCCCn2ccnc2)C1. The molecule has 28 heavy (non-hydrogen) atoms. The van der Waals surface area contributed by atoms with Crippen LogP contribution in [0.3, 0.4) is 0 Å². The van der Waals surface area contributed by atoms with E-state index < -0.39 is 23.7 Å². The van der Waals surface area contributed by atoms with Gasteiger partial charge in [-0.2, -0.15) is 13.2 Å². The first-order chi connectivity index (χ1) is 13.3. The highest BCUT2D eigenvalue weighted by molar-refractivity contribution is 5.99. The van der Waals surface area contributed by atoms with Crippen molar-refractivity contribution in [3.05, 3.63) is 54.1 Å². The highest BCUT2D eigenvalue weighted by Crippen LogP contribution is 2.29. The summed E-state index contributed by atoms with van der Waals surface area (Å²) in [5.74, 6) is -0.858. The van der Waals surface area contributed by atoms with Crippen LogP contribution >= 0.6 is 0 Å². The summed E-state index contributed by atoms with van der Waals surface area (Å²) < 4.78 is 39.8. The third-order valence-corrected chi connectivity index (χ3v) is 4.77. The van der Waals surface area contributed by atoms with E-state index in [1.165, 1.54) is 12.1 Å². The maximum Gasteiger partial charge on any atom is 0.416 e. The molecule has 1 aliphatic heterocycles. The van der Waals surface area contributed by atoms with Crippen molar-refractivity contribution in [1.82, 2.24) is 20.2 Å². The van der Waals surface area contributed by atoms with Crippen molar-refractivity contribution in [1.29, 1.82) is 0 Å². The molecule has 1 aromatic carbocycles. The topological polar surface area (TPSA) is 76.0 Å². The molecule has 1 amide bonds. The molecular weight excluding hydrogens is 373 g/mol. The smallest absolute Gasteiger partial charge is 0.355 e. The number of hydrogen-bond acceptors (Lipinski definition) is 4. The van der Waals surface area contributed by atoms with E-state index in [1.807, 2.05) is 10.8 Å². The van der Waals surface area contributed by atoms with Crippen molar-refractivity contribution in [2.75, 3.05) is 13.1 Å². The lowest BCUT2D eigenvalue weighted by Crippen LogP contribution is -2.40. The number of benzene rings is 1. The maximum absolute atomic E-state index is 12.6. The predicted octanol–water partition coefficient (Wildman–Crippen LogP) is 2.27. The Hall–Kier alpha value is -2.68. The Bertz CT molecular complexity index is 804. The molecule has 2 unspecified atom stereocenters. The van der Waals surface area contributed by atoms with Crippen LogP contribution < -0.4 is 10.6 Å².